The lowest BCUT2D eigenvalue weighted by Gasteiger charge is -2.25. The molecule has 2 rings (SSSR count). The molecule has 28 heavy (non-hydrogen) atoms. The van der Waals surface area contributed by atoms with Crippen molar-refractivity contribution in [3.63, 3.8) is 0 Å². The van der Waals surface area contributed by atoms with Gasteiger partial charge < -0.3 is 15.2 Å². The van der Waals surface area contributed by atoms with E-state index in [2.05, 4.69) is 16.9 Å². The molecule has 0 bridgehead atoms. The lowest BCUT2D eigenvalue weighted by molar-refractivity contribution is -0.141. The van der Waals surface area contributed by atoms with Crippen LogP contribution in [0, 0.1) is 5.92 Å². The summed E-state index contributed by atoms with van der Waals surface area (Å²) in [6.45, 7) is 6.43. The smallest absolute Gasteiger partial charge is 0.433 e. The predicted molar refractivity (Wildman–Crippen MR) is 99.5 cm³/mol. The first-order valence-corrected chi connectivity index (χ1v) is 9.16. The van der Waals surface area contributed by atoms with Crippen molar-refractivity contribution in [2.24, 2.45) is 5.92 Å². The van der Waals surface area contributed by atoms with Crippen LogP contribution < -0.4 is 5.32 Å². The highest BCUT2D eigenvalue weighted by Crippen LogP contribution is 2.37. The Morgan fingerprint density at radius 2 is 2.14 bits per heavy atom. The van der Waals surface area contributed by atoms with E-state index in [1.165, 1.54) is 6.07 Å². The molecule has 5 nitrogen and oxygen atoms in total. The zero-order valence-corrected chi connectivity index (χ0v) is 16.0. The lowest BCUT2D eigenvalue weighted by Crippen LogP contribution is -2.21. The SMILES string of the molecule is C=C(C1=C(O)C(CC)CCC1=O)c1ccc(C(F)(F)F)nc1COCCNC. The van der Waals surface area contributed by atoms with Crippen molar-refractivity contribution < 1.29 is 27.8 Å². The molecule has 1 atom stereocenters. The maximum Gasteiger partial charge on any atom is 0.433 e. The maximum absolute atomic E-state index is 13.1. The topological polar surface area (TPSA) is 71.5 Å². The Labute approximate surface area is 162 Å². The van der Waals surface area contributed by atoms with Gasteiger partial charge in [0.2, 0.25) is 0 Å². The molecule has 0 fully saturated rings. The van der Waals surface area contributed by atoms with Gasteiger partial charge in [-0.3, -0.25) is 4.79 Å². The van der Waals surface area contributed by atoms with Gasteiger partial charge in [-0.2, -0.15) is 13.2 Å². The molecule has 154 valence electrons. The normalized spacial score (nSPS) is 17.9. The number of aromatic nitrogens is 1. The van der Waals surface area contributed by atoms with E-state index < -0.39 is 11.9 Å². The molecule has 0 aromatic carbocycles. The summed E-state index contributed by atoms with van der Waals surface area (Å²) in [5.41, 5.74) is -0.493. The number of carbonyl (C=O) groups is 1. The molecular formula is C20H25F3N2O3. The summed E-state index contributed by atoms with van der Waals surface area (Å²) in [4.78, 5) is 16.1. The quantitative estimate of drug-likeness (QED) is 0.647. The number of likely N-dealkylation sites (N-methyl/N-ethyl adjacent to an activating group) is 1. The van der Waals surface area contributed by atoms with Gasteiger partial charge in [-0.15, -0.1) is 0 Å². The first kappa shape index (κ1) is 22.1. The number of nitrogens with one attached hydrogen (secondary N) is 1. The summed E-state index contributed by atoms with van der Waals surface area (Å²) in [6.07, 6.45) is -3.14. The summed E-state index contributed by atoms with van der Waals surface area (Å²) in [5.74, 6) is -0.484. The van der Waals surface area contributed by atoms with Crippen LogP contribution in [0.5, 0.6) is 0 Å². The second kappa shape index (κ2) is 9.34. The monoisotopic (exact) mass is 398 g/mol. The fourth-order valence-electron chi connectivity index (χ4n) is 3.16. The molecule has 0 aliphatic heterocycles. The molecule has 0 saturated carbocycles. The van der Waals surface area contributed by atoms with Gasteiger partial charge in [0.05, 0.1) is 24.5 Å². The van der Waals surface area contributed by atoms with Crippen LogP contribution in [0.25, 0.3) is 5.57 Å². The van der Waals surface area contributed by atoms with Crippen LogP contribution in [0.15, 0.2) is 30.0 Å². The van der Waals surface area contributed by atoms with Crippen LogP contribution >= 0.6 is 0 Å². The molecule has 1 heterocycles. The lowest BCUT2D eigenvalue weighted by atomic mass is 9.81. The summed E-state index contributed by atoms with van der Waals surface area (Å²) in [7, 11) is 1.73. The number of allylic oxidation sites excluding steroid dienone is 3. The largest absolute Gasteiger partial charge is 0.511 e. The first-order valence-electron chi connectivity index (χ1n) is 9.16. The van der Waals surface area contributed by atoms with E-state index in [9.17, 15) is 23.1 Å². The van der Waals surface area contributed by atoms with Crippen LogP contribution in [0.1, 0.15) is 43.1 Å². The number of rotatable bonds is 8. The second-order valence-electron chi connectivity index (χ2n) is 6.65. The van der Waals surface area contributed by atoms with Gasteiger partial charge in [0, 0.05) is 24.4 Å². The van der Waals surface area contributed by atoms with Crippen LogP contribution in [-0.4, -0.2) is 36.1 Å². The number of aliphatic hydroxyl groups excluding tert-OH is 1. The predicted octanol–water partition coefficient (Wildman–Crippen LogP) is 4.05. The maximum atomic E-state index is 13.1. The number of nitrogens with zero attached hydrogens (tertiary/aromatic N) is 1. The van der Waals surface area contributed by atoms with Gasteiger partial charge >= 0.3 is 6.18 Å². The minimum absolute atomic E-state index is 0.0302. The average molecular weight is 398 g/mol. The molecule has 1 aliphatic carbocycles. The number of halogens is 3. The summed E-state index contributed by atoms with van der Waals surface area (Å²) >= 11 is 0. The van der Waals surface area contributed by atoms with Crippen LogP contribution in [0.3, 0.4) is 0 Å². The first-order chi connectivity index (χ1) is 13.2. The molecule has 0 radical (unpaired) electrons. The Morgan fingerprint density at radius 3 is 2.75 bits per heavy atom. The Bertz CT molecular complexity index is 772. The third-order valence-electron chi connectivity index (χ3n) is 4.76. The number of aliphatic hydroxyl groups is 1. The number of carbonyl (C=O) groups excluding carboxylic acids is 1. The number of ketones is 1. The third kappa shape index (κ3) is 4.99. The summed E-state index contributed by atoms with van der Waals surface area (Å²) in [6, 6.07) is 2.08. The zero-order valence-electron chi connectivity index (χ0n) is 16.0. The Hall–Kier alpha value is -2.19. The number of ether oxygens (including phenoxy) is 1. The number of hydrogen-bond acceptors (Lipinski definition) is 5. The minimum Gasteiger partial charge on any atom is -0.511 e. The minimum atomic E-state index is -4.60. The van der Waals surface area contributed by atoms with Gasteiger partial charge in [0.1, 0.15) is 11.5 Å². The van der Waals surface area contributed by atoms with E-state index >= 15 is 0 Å². The van der Waals surface area contributed by atoms with Gasteiger partial charge in [0.25, 0.3) is 0 Å². The number of hydrogen-bond donors (Lipinski definition) is 2. The fourth-order valence-corrected chi connectivity index (χ4v) is 3.16. The Kier molecular flexibility index (Phi) is 7.37. The van der Waals surface area contributed by atoms with Crippen molar-refractivity contribution in [2.75, 3.05) is 20.2 Å². The van der Waals surface area contributed by atoms with E-state index in [4.69, 9.17) is 4.74 Å². The fraction of sp³-hybridized carbons (Fsp3) is 0.500. The number of alkyl halides is 3. The van der Waals surface area contributed by atoms with E-state index in [-0.39, 0.29) is 59.5 Å². The molecule has 0 amide bonds. The number of pyridine rings is 1. The highest BCUT2D eigenvalue weighted by molar-refractivity contribution is 6.11. The Balaban J connectivity index is 2.44. The van der Waals surface area contributed by atoms with Crippen molar-refractivity contribution >= 4 is 11.4 Å². The van der Waals surface area contributed by atoms with Gasteiger partial charge in [-0.1, -0.05) is 19.6 Å². The zero-order chi connectivity index (χ0) is 20.9. The molecule has 1 aromatic rings. The Morgan fingerprint density at radius 1 is 1.43 bits per heavy atom. The van der Waals surface area contributed by atoms with Crippen molar-refractivity contribution in [2.45, 2.75) is 39.0 Å². The van der Waals surface area contributed by atoms with Gasteiger partial charge in [-0.25, -0.2) is 4.98 Å². The van der Waals surface area contributed by atoms with Crippen molar-refractivity contribution in [3.8, 4) is 0 Å². The molecule has 1 unspecified atom stereocenters. The summed E-state index contributed by atoms with van der Waals surface area (Å²) < 4.78 is 44.6. The van der Waals surface area contributed by atoms with Gasteiger partial charge in [0.15, 0.2) is 5.78 Å². The van der Waals surface area contributed by atoms with E-state index in [0.717, 1.165) is 6.07 Å². The highest BCUT2D eigenvalue weighted by atomic mass is 19.4. The third-order valence-corrected chi connectivity index (χ3v) is 4.76. The standard InChI is InChI=1S/C20H25F3N2O3/c1-4-13-5-7-16(26)18(19(13)27)12(2)14-6-8-17(20(21,22)23)25-15(14)11-28-10-9-24-3/h6,8,13,24,27H,2,4-5,7,9-11H2,1,3H3. The molecule has 8 heteroatoms. The van der Waals surface area contributed by atoms with Crippen molar-refractivity contribution in [1.82, 2.24) is 10.3 Å². The van der Waals surface area contributed by atoms with Crippen LogP contribution in [-0.2, 0) is 22.3 Å². The molecule has 0 saturated heterocycles. The van der Waals surface area contributed by atoms with Gasteiger partial charge in [-0.05, 0) is 31.5 Å². The van der Waals surface area contributed by atoms with Crippen molar-refractivity contribution in [3.05, 3.63) is 47.0 Å². The van der Waals surface area contributed by atoms with E-state index in [1.54, 1.807) is 7.05 Å². The van der Waals surface area contributed by atoms with E-state index in [0.29, 0.717) is 19.4 Å². The molecular weight excluding hydrogens is 373 g/mol. The molecule has 0 spiro atoms. The molecule has 2 N–H and O–H groups in total. The average Bonchev–Trinajstić information content (AvgIpc) is 2.64. The van der Waals surface area contributed by atoms with Crippen molar-refractivity contribution in [1.29, 1.82) is 0 Å². The van der Waals surface area contributed by atoms with Crippen LogP contribution in [0.2, 0.25) is 0 Å². The van der Waals surface area contributed by atoms with E-state index in [1.807, 2.05) is 6.92 Å². The second-order valence-corrected chi connectivity index (χ2v) is 6.65. The molecule has 1 aliphatic rings. The highest BCUT2D eigenvalue weighted by Gasteiger charge is 2.34. The summed E-state index contributed by atoms with van der Waals surface area (Å²) in [5, 5.41) is 13.4. The molecule has 1 aromatic heterocycles. The van der Waals surface area contributed by atoms with Crippen LogP contribution in [0.4, 0.5) is 13.2 Å². The number of Topliss-reactive ketones (excluding diaryl/α,β-unsaturated/α-hetero) is 1.